The SMILES string of the molecule is CCCC(c1ccc(C(=O)OC)cc1CS(=O)O)C(C)Br. The van der Waals surface area contributed by atoms with Crippen LogP contribution in [0.5, 0.6) is 0 Å². The summed E-state index contributed by atoms with van der Waals surface area (Å²) in [6.07, 6.45) is 1.98. The van der Waals surface area contributed by atoms with Crippen LogP contribution in [0.3, 0.4) is 0 Å². The first-order chi connectivity index (χ1) is 9.90. The molecule has 0 saturated heterocycles. The maximum absolute atomic E-state index is 11.6. The molecule has 3 atom stereocenters. The van der Waals surface area contributed by atoms with Gasteiger partial charge in [-0.1, -0.05) is 42.3 Å². The van der Waals surface area contributed by atoms with Crippen molar-refractivity contribution in [2.45, 2.75) is 43.2 Å². The van der Waals surface area contributed by atoms with Crippen LogP contribution in [-0.2, 0) is 21.6 Å². The smallest absolute Gasteiger partial charge is 0.337 e. The summed E-state index contributed by atoms with van der Waals surface area (Å²) in [4.78, 5) is 11.9. The van der Waals surface area contributed by atoms with Crippen molar-refractivity contribution in [1.29, 1.82) is 0 Å². The van der Waals surface area contributed by atoms with Gasteiger partial charge in [0.2, 0.25) is 0 Å². The lowest BCUT2D eigenvalue weighted by Crippen LogP contribution is -2.13. The van der Waals surface area contributed by atoms with Gasteiger partial charge in [-0.15, -0.1) is 0 Å². The van der Waals surface area contributed by atoms with Crippen LogP contribution in [-0.4, -0.2) is 26.7 Å². The Bertz CT molecular complexity index is 516. The van der Waals surface area contributed by atoms with E-state index in [0.717, 1.165) is 24.0 Å². The van der Waals surface area contributed by atoms with Crippen LogP contribution in [0.2, 0.25) is 0 Å². The van der Waals surface area contributed by atoms with Crippen LogP contribution in [0.4, 0.5) is 0 Å². The van der Waals surface area contributed by atoms with Crippen molar-refractivity contribution in [2.75, 3.05) is 7.11 Å². The third-order valence-corrected chi connectivity index (χ3v) is 4.59. The predicted octanol–water partition coefficient (Wildman–Crippen LogP) is 3.86. The van der Waals surface area contributed by atoms with Crippen molar-refractivity contribution in [1.82, 2.24) is 0 Å². The molecule has 0 heterocycles. The largest absolute Gasteiger partial charge is 0.465 e. The molecule has 0 spiro atoms. The highest BCUT2D eigenvalue weighted by atomic mass is 79.9. The van der Waals surface area contributed by atoms with Crippen molar-refractivity contribution >= 4 is 33.0 Å². The highest BCUT2D eigenvalue weighted by Gasteiger charge is 2.21. The molecular weight excluding hydrogens is 356 g/mol. The number of hydrogen-bond acceptors (Lipinski definition) is 3. The van der Waals surface area contributed by atoms with E-state index in [0.29, 0.717) is 5.56 Å². The monoisotopic (exact) mass is 376 g/mol. The quantitative estimate of drug-likeness (QED) is 0.445. The average molecular weight is 377 g/mol. The molecule has 0 fully saturated rings. The van der Waals surface area contributed by atoms with Gasteiger partial charge in [-0.05, 0) is 35.6 Å². The summed E-state index contributed by atoms with van der Waals surface area (Å²) < 4.78 is 25.1. The van der Waals surface area contributed by atoms with E-state index in [2.05, 4.69) is 29.8 Å². The molecule has 118 valence electrons. The second kappa shape index (κ2) is 8.66. The maximum atomic E-state index is 11.6. The summed E-state index contributed by atoms with van der Waals surface area (Å²) in [7, 11) is 1.32. The minimum absolute atomic E-state index is 0.0140. The van der Waals surface area contributed by atoms with Crippen molar-refractivity contribution < 1.29 is 18.3 Å². The number of benzene rings is 1. The van der Waals surface area contributed by atoms with Gasteiger partial charge in [-0.2, -0.15) is 0 Å². The van der Waals surface area contributed by atoms with E-state index >= 15 is 0 Å². The molecular formula is C15H21BrO4S. The number of rotatable bonds is 7. The lowest BCUT2D eigenvalue weighted by molar-refractivity contribution is 0.0600. The minimum Gasteiger partial charge on any atom is -0.465 e. The summed E-state index contributed by atoms with van der Waals surface area (Å²) in [6, 6.07) is 5.24. The third-order valence-electron chi connectivity index (χ3n) is 3.40. The Morgan fingerprint density at radius 3 is 2.62 bits per heavy atom. The standard InChI is InChI=1S/C15H21BrO4S/c1-4-5-13(10(2)16)14-7-6-11(15(17)20-3)8-12(14)9-21(18)19/h6-8,10,13H,4-5,9H2,1-3H3,(H,18,19). The normalized spacial score (nSPS) is 15.3. The van der Waals surface area contributed by atoms with Gasteiger partial charge in [-0.25, -0.2) is 9.00 Å². The molecule has 3 unspecified atom stereocenters. The average Bonchev–Trinajstić information content (AvgIpc) is 2.43. The molecule has 0 saturated carbocycles. The number of carbonyl (C=O) groups is 1. The molecule has 6 heteroatoms. The maximum Gasteiger partial charge on any atom is 0.337 e. The van der Waals surface area contributed by atoms with Gasteiger partial charge in [0.05, 0.1) is 18.4 Å². The number of ether oxygens (including phenoxy) is 1. The van der Waals surface area contributed by atoms with E-state index in [-0.39, 0.29) is 16.5 Å². The van der Waals surface area contributed by atoms with Gasteiger partial charge in [0, 0.05) is 4.83 Å². The number of methoxy groups -OCH3 is 1. The zero-order valence-corrected chi connectivity index (χ0v) is 14.9. The van der Waals surface area contributed by atoms with Gasteiger partial charge in [0.25, 0.3) is 0 Å². The predicted molar refractivity (Wildman–Crippen MR) is 88.3 cm³/mol. The van der Waals surface area contributed by atoms with E-state index in [1.54, 1.807) is 12.1 Å². The molecule has 21 heavy (non-hydrogen) atoms. The van der Waals surface area contributed by atoms with E-state index in [1.165, 1.54) is 7.11 Å². The lowest BCUT2D eigenvalue weighted by atomic mass is 9.88. The van der Waals surface area contributed by atoms with Crippen molar-refractivity contribution in [3.05, 3.63) is 34.9 Å². The second-order valence-electron chi connectivity index (χ2n) is 4.94. The van der Waals surface area contributed by atoms with E-state index in [4.69, 9.17) is 4.74 Å². The van der Waals surface area contributed by atoms with Crippen LogP contribution >= 0.6 is 15.9 Å². The number of hydrogen-bond donors (Lipinski definition) is 1. The van der Waals surface area contributed by atoms with E-state index in [1.807, 2.05) is 6.07 Å². The Morgan fingerprint density at radius 2 is 2.14 bits per heavy atom. The van der Waals surface area contributed by atoms with Gasteiger partial charge >= 0.3 is 5.97 Å². The second-order valence-corrected chi connectivity index (χ2v) is 7.32. The first-order valence-electron chi connectivity index (χ1n) is 6.83. The molecule has 0 bridgehead atoms. The first-order valence-corrected chi connectivity index (χ1v) is 9.02. The first kappa shape index (κ1) is 18.3. The number of esters is 1. The molecule has 1 rings (SSSR count). The fraction of sp³-hybridized carbons (Fsp3) is 0.533. The Kier molecular flexibility index (Phi) is 7.56. The number of halogens is 1. The topological polar surface area (TPSA) is 63.6 Å². The molecule has 0 aliphatic heterocycles. The molecule has 4 nitrogen and oxygen atoms in total. The molecule has 1 aromatic carbocycles. The highest BCUT2D eigenvalue weighted by Crippen LogP contribution is 2.33. The summed E-state index contributed by atoms with van der Waals surface area (Å²) in [5, 5.41) is 0. The Morgan fingerprint density at radius 1 is 1.48 bits per heavy atom. The summed E-state index contributed by atoms with van der Waals surface area (Å²) in [5.74, 6) is -0.189. The van der Waals surface area contributed by atoms with Crippen LogP contribution in [0, 0.1) is 0 Å². The highest BCUT2D eigenvalue weighted by molar-refractivity contribution is 9.09. The van der Waals surface area contributed by atoms with Gasteiger partial charge < -0.3 is 9.29 Å². The fourth-order valence-electron chi connectivity index (χ4n) is 2.41. The van der Waals surface area contributed by atoms with Crippen LogP contribution in [0.25, 0.3) is 0 Å². The van der Waals surface area contributed by atoms with Crippen LogP contribution < -0.4 is 0 Å². The molecule has 0 amide bonds. The molecule has 0 radical (unpaired) electrons. The van der Waals surface area contributed by atoms with Gasteiger partial charge in [-0.3, -0.25) is 0 Å². The zero-order chi connectivity index (χ0) is 16.0. The van der Waals surface area contributed by atoms with E-state index < -0.39 is 17.0 Å². The Hall–Kier alpha value is -0.720. The molecule has 0 aliphatic rings. The van der Waals surface area contributed by atoms with Crippen LogP contribution in [0.15, 0.2) is 18.2 Å². The van der Waals surface area contributed by atoms with Gasteiger partial charge in [0.1, 0.15) is 0 Å². The molecule has 0 aliphatic carbocycles. The van der Waals surface area contributed by atoms with Crippen molar-refractivity contribution in [2.24, 2.45) is 0 Å². The number of carbonyl (C=O) groups excluding carboxylic acids is 1. The minimum atomic E-state index is -1.95. The van der Waals surface area contributed by atoms with Crippen LogP contribution in [0.1, 0.15) is 54.1 Å². The summed E-state index contributed by atoms with van der Waals surface area (Å²) >= 11 is 1.66. The van der Waals surface area contributed by atoms with Gasteiger partial charge in [0.15, 0.2) is 11.1 Å². The Labute approximate surface area is 136 Å². The van der Waals surface area contributed by atoms with Crippen molar-refractivity contribution in [3.63, 3.8) is 0 Å². The molecule has 1 N–H and O–H groups in total. The lowest BCUT2D eigenvalue weighted by Gasteiger charge is -2.22. The third kappa shape index (κ3) is 5.20. The zero-order valence-electron chi connectivity index (χ0n) is 12.5. The molecule has 0 aromatic heterocycles. The number of alkyl halides is 1. The van der Waals surface area contributed by atoms with E-state index in [9.17, 15) is 13.6 Å². The molecule has 1 aromatic rings. The summed E-state index contributed by atoms with van der Waals surface area (Å²) in [6.45, 7) is 4.17. The fourth-order valence-corrected chi connectivity index (χ4v) is 3.48. The Balaban J connectivity index is 3.28. The summed E-state index contributed by atoms with van der Waals surface area (Å²) in [5.41, 5.74) is 2.14. The van der Waals surface area contributed by atoms with Crippen molar-refractivity contribution in [3.8, 4) is 0 Å².